The second-order valence-electron chi connectivity index (χ2n) is 6.76. The highest BCUT2D eigenvalue weighted by atomic mass is 19.4. The summed E-state index contributed by atoms with van der Waals surface area (Å²) in [5, 5.41) is 15.1. The second-order valence-corrected chi connectivity index (χ2v) is 6.76. The van der Waals surface area contributed by atoms with Gasteiger partial charge in [0, 0.05) is 23.5 Å². The number of aromatic nitrogens is 2. The smallest absolute Gasteiger partial charge is 0.478 e. The molecule has 0 radical (unpaired) electrons. The number of hydrogen-bond donors (Lipinski definition) is 3. The van der Waals surface area contributed by atoms with Crippen molar-refractivity contribution in [2.75, 3.05) is 10.6 Å². The molecule has 8 nitrogen and oxygen atoms in total. The van der Waals surface area contributed by atoms with Gasteiger partial charge in [-0.15, -0.1) is 13.2 Å². The van der Waals surface area contributed by atoms with Gasteiger partial charge < -0.3 is 20.5 Å². The predicted octanol–water partition coefficient (Wildman–Crippen LogP) is 5.27. The van der Waals surface area contributed by atoms with Gasteiger partial charge in [-0.25, -0.2) is 14.6 Å². The highest BCUT2D eigenvalue weighted by molar-refractivity contribution is 6.05. The lowest BCUT2D eigenvalue weighted by Gasteiger charge is -2.13. The maximum absolute atomic E-state index is 12.5. The van der Waals surface area contributed by atoms with Crippen molar-refractivity contribution in [2.24, 2.45) is 0 Å². The van der Waals surface area contributed by atoms with Gasteiger partial charge in [0.25, 0.3) is 0 Å². The van der Waals surface area contributed by atoms with E-state index in [4.69, 9.17) is 0 Å². The quantitative estimate of drug-likeness (QED) is 0.380. The molecule has 4 aromatic rings. The highest BCUT2D eigenvalue weighted by Crippen LogP contribution is 2.28. The van der Waals surface area contributed by atoms with Crippen molar-refractivity contribution in [2.45, 2.75) is 6.36 Å². The number of fused-ring (bicyclic) bond motifs is 1. The molecule has 168 valence electrons. The predicted molar refractivity (Wildman–Crippen MR) is 114 cm³/mol. The number of amides is 2. The van der Waals surface area contributed by atoms with Crippen molar-refractivity contribution in [1.82, 2.24) is 9.55 Å². The molecule has 2 aromatic carbocycles. The number of nitrogens with zero attached hydrogens (tertiary/aromatic N) is 2. The van der Waals surface area contributed by atoms with E-state index in [1.165, 1.54) is 24.5 Å². The van der Waals surface area contributed by atoms with Crippen molar-refractivity contribution < 1.29 is 32.6 Å². The summed E-state index contributed by atoms with van der Waals surface area (Å²) in [6, 6.07) is 14.0. The van der Waals surface area contributed by atoms with Crippen molar-refractivity contribution in [1.29, 1.82) is 0 Å². The molecule has 11 heteroatoms. The van der Waals surface area contributed by atoms with Crippen LogP contribution in [0.5, 0.6) is 5.75 Å². The van der Waals surface area contributed by atoms with Crippen LogP contribution in [0.3, 0.4) is 0 Å². The molecule has 0 bridgehead atoms. The monoisotopic (exact) mass is 456 g/mol. The number of carbonyl (C=O) groups excluding carboxylic acids is 1. The molecule has 0 saturated carbocycles. The molecule has 33 heavy (non-hydrogen) atoms. The van der Waals surface area contributed by atoms with Crippen molar-refractivity contribution in [3.8, 4) is 11.6 Å². The molecule has 0 fully saturated rings. The molecule has 0 unspecified atom stereocenters. The lowest BCUT2D eigenvalue weighted by atomic mass is 10.2. The minimum atomic E-state index is -4.81. The Balaban J connectivity index is 1.57. The Labute approximate surface area is 184 Å². The maximum atomic E-state index is 12.5. The zero-order chi connectivity index (χ0) is 23.6. The molecule has 2 amide bonds. The summed E-state index contributed by atoms with van der Waals surface area (Å²) in [7, 11) is 0. The van der Waals surface area contributed by atoms with Crippen molar-refractivity contribution in [3.05, 3.63) is 78.6 Å². The number of carboxylic acids is 1. The number of rotatable bonds is 5. The first-order valence-electron chi connectivity index (χ1n) is 9.44. The molecular formula is C22H15F3N4O4. The first-order chi connectivity index (χ1) is 15.7. The molecular weight excluding hydrogens is 441 g/mol. The molecule has 0 saturated heterocycles. The van der Waals surface area contributed by atoms with Gasteiger partial charge in [-0.3, -0.25) is 4.57 Å². The van der Waals surface area contributed by atoms with Crippen molar-refractivity contribution >= 4 is 34.3 Å². The summed E-state index contributed by atoms with van der Waals surface area (Å²) in [5.74, 6) is -1.24. The third-order valence-corrected chi connectivity index (χ3v) is 4.55. The highest BCUT2D eigenvalue weighted by Gasteiger charge is 2.31. The van der Waals surface area contributed by atoms with Gasteiger partial charge >= 0.3 is 18.4 Å². The average molecular weight is 456 g/mol. The second kappa shape index (κ2) is 8.54. The van der Waals surface area contributed by atoms with E-state index >= 15 is 0 Å². The molecule has 0 aliphatic heterocycles. The van der Waals surface area contributed by atoms with E-state index in [-0.39, 0.29) is 22.8 Å². The van der Waals surface area contributed by atoms with E-state index in [1.54, 1.807) is 41.0 Å². The Morgan fingerprint density at radius 3 is 2.39 bits per heavy atom. The van der Waals surface area contributed by atoms with Crippen LogP contribution < -0.4 is 15.4 Å². The van der Waals surface area contributed by atoms with Gasteiger partial charge in [-0.1, -0.05) is 18.2 Å². The number of halogens is 3. The van der Waals surface area contributed by atoms with Crippen LogP contribution in [-0.2, 0) is 0 Å². The van der Waals surface area contributed by atoms with Crippen LogP contribution in [-0.4, -0.2) is 33.0 Å². The molecule has 0 aliphatic carbocycles. The lowest BCUT2D eigenvalue weighted by Crippen LogP contribution is -2.21. The van der Waals surface area contributed by atoms with Crippen LogP contribution in [0.1, 0.15) is 10.4 Å². The molecule has 2 heterocycles. The average Bonchev–Trinajstić information content (AvgIpc) is 3.14. The maximum Gasteiger partial charge on any atom is 0.573 e. The normalized spacial score (nSPS) is 11.2. The SMILES string of the molecule is O=C(Nc1ccc(OC(F)(F)F)cc1)Nc1cccnc1-n1cc(C(=O)O)c2ccccc21. The van der Waals surface area contributed by atoms with Crippen LogP contribution >= 0.6 is 0 Å². The van der Waals surface area contributed by atoms with Gasteiger partial charge in [-0.05, 0) is 42.5 Å². The van der Waals surface area contributed by atoms with Crippen molar-refractivity contribution in [3.63, 3.8) is 0 Å². The fourth-order valence-corrected chi connectivity index (χ4v) is 3.24. The van der Waals surface area contributed by atoms with Crippen LogP contribution in [0.25, 0.3) is 16.7 Å². The fourth-order valence-electron chi connectivity index (χ4n) is 3.24. The van der Waals surface area contributed by atoms with Gasteiger partial charge in [0.15, 0.2) is 5.82 Å². The molecule has 0 spiro atoms. The van der Waals surface area contributed by atoms with Crippen LogP contribution in [0, 0.1) is 0 Å². The minimum Gasteiger partial charge on any atom is -0.478 e. The number of nitrogens with one attached hydrogen (secondary N) is 2. The van der Waals surface area contributed by atoms with Crippen LogP contribution in [0.4, 0.5) is 29.3 Å². The summed E-state index contributed by atoms with van der Waals surface area (Å²) in [6.45, 7) is 0. The number of aromatic carboxylic acids is 1. The van der Waals surface area contributed by atoms with Gasteiger partial charge in [0.05, 0.1) is 16.8 Å². The molecule has 4 rings (SSSR count). The Morgan fingerprint density at radius 2 is 1.70 bits per heavy atom. The first-order valence-corrected chi connectivity index (χ1v) is 9.44. The number of urea groups is 1. The molecule has 2 aromatic heterocycles. The molecule has 3 N–H and O–H groups in total. The van der Waals surface area contributed by atoms with Gasteiger partial charge in [0.2, 0.25) is 0 Å². The number of anilines is 2. The lowest BCUT2D eigenvalue weighted by molar-refractivity contribution is -0.274. The summed E-state index contributed by atoms with van der Waals surface area (Å²) in [5.41, 5.74) is 1.17. The Hall–Kier alpha value is -4.54. The number of benzene rings is 2. The van der Waals surface area contributed by atoms with E-state index in [0.717, 1.165) is 12.1 Å². The van der Waals surface area contributed by atoms with E-state index in [2.05, 4.69) is 20.4 Å². The van der Waals surface area contributed by atoms with E-state index < -0.39 is 24.1 Å². The van der Waals surface area contributed by atoms with Crippen LogP contribution in [0.15, 0.2) is 73.1 Å². The number of hydrogen-bond acceptors (Lipinski definition) is 4. The van der Waals surface area contributed by atoms with Crippen LogP contribution in [0.2, 0.25) is 0 Å². The fraction of sp³-hybridized carbons (Fsp3) is 0.0455. The Kier molecular flexibility index (Phi) is 5.61. The largest absolute Gasteiger partial charge is 0.573 e. The third kappa shape index (κ3) is 4.87. The number of ether oxygens (including phenoxy) is 1. The summed E-state index contributed by atoms with van der Waals surface area (Å²) in [4.78, 5) is 28.4. The number of carbonyl (C=O) groups is 2. The number of para-hydroxylation sites is 1. The van der Waals surface area contributed by atoms with E-state index in [0.29, 0.717) is 10.9 Å². The molecule has 0 atom stereocenters. The number of alkyl halides is 3. The van der Waals surface area contributed by atoms with Gasteiger partial charge in [0.1, 0.15) is 5.75 Å². The zero-order valence-corrected chi connectivity index (χ0v) is 16.6. The standard InChI is InChI=1S/C22H15F3N4O4/c23-22(24,25)33-14-9-7-13(8-10-14)27-21(32)28-17-5-3-11-26-19(17)29-12-16(20(30)31)15-4-1-2-6-18(15)29/h1-12H,(H,30,31)(H2,27,28,32). The third-order valence-electron chi connectivity index (χ3n) is 4.55. The minimum absolute atomic E-state index is 0.0767. The topological polar surface area (TPSA) is 105 Å². The first kappa shape index (κ1) is 21.7. The number of carboxylic acid groups (broad SMARTS) is 1. The van der Waals surface area contributed by atoms with E-state index in [9.17, 15) is 27.9 Å². The summed E-state index contributed by atoms with van der Waals surface area (Å²) in [6.07, 6.45) is -1.91. The summed E-state index contributed by atoms with van der Waals surface area (Å²) < 4.78 is 42.2. The Morgan fingerprint density at radius 1 is 0.970 bits per heavy atom. The van der Waals surface area contributed by atoms with E-state index in [1.807, 2.05) is 0 Å². The summed E-state index contributed by atoms with van der Waals surface area (Å²) >= 11 is 0. The number of pyridine rings is 1. The zero-order valence-electron chi connectivity index (χ0n) is 16.6. The molecule has 0 aliphatic rings. The Bertz CT molecular complexity index is 1330. The van der Waals surface area contributed by atoms with Gasteiger partial charge in [-0.2, -0.15) is 0 Å².